The van der Waals surface area contributed by atoms with E-state index in [1.165, 1.54) is 77.0 Å². The molecule has 0 heterocycles. The van der Waals surface area contributed by atoms with Crippen LogP contribution in [0.1, 0.15) is 90.9 Å². The second-order valence-corrected chi connectivity index (χ2v) is 6.12. The fourth-order valence-electron chi connectivity index (χ4n) is 3.52. The largest absolute Gasteiger partial charge is 0.314 e. The van der Waals surface area contributed by atoms with Gasteiger partial charge in [0.2, 0.25) is 0 Å². The molecule has 0 radical (unpaired) electrons. The van der Waals surface area contributed by atoms with Crippen LogP contribution in [-0.4, -0.2) is 12.6 Å². The van der Waals surface area contributed by atoms with Gasteiger partial charge >= 0.3 is 0 Å². The standard InChI is InChI=1S/C17H35N/c1-3-13-16-14-11-9-7-5-6-8-10-12-15-17(16)18-4-2/h16-18H,3-15H2,1-2H3. The molecule has 1 aliphatic carbocycles. The van der Waals surface area contributed by atoms with Crippen LogP contribution in [0.4, 0.5) is 0 Å². The quantitative estimate of drug-likeness (QED) is 0.717. The van der Waals surface area contributed by atoms with Crippen LogP contribution in [0, 0.1) is 5.92 Å². The van der Waals surface area contributed by atoms with Gasteiger partial charge in [0.25, 0.3) is 0 Å². The zero-order valence-electron chi connectivity index (χ0n) is 12.8. The average Bonchev–Trinajstić information content (AvgIpc) is 2.36. The van der Waals surface area contributed by atoms with E-state index in [9.17, 15) is 0 Å². The zero-order chi connectivity index (χ0) is 13.1. The molecule has 0 bridgehead atoms. The van der Waals surface area contributed by atoms with E-state index in [2.05, 4.69) is 19.2 Å². The summed E-state index contributed by atoms with van der Waals surface area (Å²) in [7, 11) is 0. The summed E-state index contributed by atoms with van der Waals surface area (Å²) in [6.45, 7) is 5.75. The van der Waals surface area contributed by atoms with Gasteiger partial charge in [-0.25, -0.2) is 0 Å². The molecule has 0 aliphatic heterocycles. The van der Waals surface area contributed by atoms with Crippen molar-refractivity contribution >= 4 is 0 Å². The van der Waals surface area contributed by atoms with Crippen LogP contribution in [-0.2, 0) is 0 Å². The first-order chi connectivity index (χ1) is 8.88. The van der Waals surface area contributed by atoms with Gasteiger partial charge in [0.15, 0.2) is 0 Å². The van der Waals surface area contributed by atoms with E-state index >= 15 is 0 Å². The van der Waals surface area contributed by atoms with Gasteiger partial charge in [0.1, 0.15) is 0 Å². The third kappa shape index (κ3) is 6.78. The first kappa shape index (κ1) is 16.0. The van der Waals surface area contributed by atoms with Crippen molar-refractivity contribution < 1.29 is 0 Å². The molecule has 0 saturated heterocycles. The van der Waals surface area contributed by atoms with Crippen LogP contribution in [0.2, 0.25) is 0 Å². The molecule has 1 heteroatoms. The number of hydrogen-bond donors (Lipinski definition) is 1. The maximum absolute atomic E-state index is 3.77. The average molecular weight is 253 g/mol. The van der Waals surface area contributed by atoms with Crippen molar-refractivity contribution in [2.45, 2.75) is 96.9 Å². The van der Waals surface area contributed by atoms with Crippen LogP contribution in [0.25, 0.3) is 0 Å². The fraction of sp³-hybridized carbons (Fsp3) is 1.00. The highest BCUT2D eigenvalue weighted by atomic mass is 14.9. The highest BCUT2D eigenvalue weighted by molar-refractivity contribution is 4.76. The molecular formula is C17H35N. The van der Waals surface area contributed by atoms with Crippen molar-refractivity contribution in [1.29, 1.82) is 0 Å². The number of nitrogens with one attached hydrogen (secondary N) is 1. The van der Waals surface area contributed by atoms with E-state index in [1.54, 1.807) is 0 Å². The predicted molar refractivity (Wildman–Crippen MR) is 82.0 cm³/mol. The van der Waals surface area contributed by atoms with Crippen LogP contribution in [0.5, 0.6) is 0 Å². The van der Waals surface area contributed by atoms with Crippen LogP contribution in [0.3, 0.4) is 0 Å². The number of rotatable bonds is 4. The minimum atomic E-state index is 0.800. The number of hydrogen-bond acceptors (Lipinski definition) is 1. The molecule has 0 aromatic heterocycles. The summed E-state index contributed by atoms with van der Waals surface area (Å²) in [4.78, 5) is 0. The molecule has 0 spiro atoms. The lowest BCUT2D eigenvalue weighted by Gasteiger charge is -2.28. The molecule has 1 aliphatic rings. The zero-order valence-corrected chi connectivity index (χ0v) is 12.8. The van der Waals surface area contributed by atoms with Crippen molar-refractivity contribution in [3.63, 3.8) is 0 Å². The van der Waals surface area contributed by atoms with Crippen LogP contribution < -0.4 is 5.32 Å². The molecule has 1 rings (SSSR count). The maximum atomic E-state index is 3.77. The van der Waals surface area contributed by atoms with Crippen LogP contribution in [0.15, 0.2) is 0 Å². The second kappa shape index (κ2) is 10.8. The third-order valence-electron chi connectivity index (χ3n) is 4.53. The minimum absolute atomic E-state index is 0.800. The van der Waals surface area contributed by atoms with E-state index in [-0.39, 0.29) is 0 Å². The summed E-state index contributed by atoms with van der Waals surface area (Å²) in [5, 5.41) is 3.77. The minimum Gasteiger partial charge on any atom is -0.314 e. The van der Waals surface area contributed by atoms with Gasteiger partial charge < -0.3 is 5.32 Å². The predicted octanol–water partition coefficient (Wildman–Crippen LogP) is 5.30. The first-order valence-corrected chi connectivity index (χ1v) is 8.61. The molecule has 1 nitrogen and oxygen atoms in total. The van der Waals surface area contributed by atoms with Crippen molar-refractivity contribution in [3.05, 3.63) is 0 Å². The monoisotopic (exact) mass is 253 g/mol. The molecule has 0 aromatic rings. The van der Waals surface area contributed by atoms with E-state index in [4.69, 9.17) is 0 Å². The Morgan fingerprint density at radius 1 is 0.778 bits per heavy atom. The molecule has 2 atom stereocenters. The van der Waals surface area contributed by atoms with Crippen molar-refractivity contribution in [2.75, 3.05) is 6.54 Å². The summed E-state index contributed by atoms with van der Waals surface area (Å²) in [5.41, 5.74) is 0. The molecule has 108 valence electrons. The van der Waals surface area contributed by atoms with Gasteiger partial charge in [0.05, 0.1) is 0 Å². The SMILES string of the molecule is CCCC1CCCCCCCCCCC1NCC. The summed E-state index contributed by atoms with van der Waals surface area (Å²) in [5.74, 6) is 0.939. The Morgan fingerprint density at radius 2 is 1.33 bits per heavy atom. The molecule has 18 heavy (non-hydrogen) atoms. The molecular weight excluding hydrogens is 218 g/mol. The van der Waals surface area contributed by atoms with E-state index in [0.717, 1.165) is 18.5 Å². The Labute approximate surface area is 115 Å². The highest BCUT2D eigenvalue weighted by Crippen LogP contribution is 2.25. The molecule has 1 saturated carbocycles. The summed E-state index contributed by atoms with van der Waals surface area (Å²) in [6.07, 6.45) is 17.4. The Balaban J connectivity index is 2.46. The summed E-state index contributed by atoms with van der Waals surface area (Å²) >= 11 is 0. The van der Waals surface area contributed by atoms with E-state index in [0.29, 0.717) is 0 Å². The van der Waals surface area contributed by atoms with Gasteiger partial charge in [0, 0.05) is 6.04 Å². The topological polar surface area (TPSA) is 12.0 Å². The van der Waals surface area contributed by atoms with Gasteiger partial charge in [-0.3, -0.25) is 0 Å². The maximum Gasteiger partial charge on any atom is 0.00952 e. The second-order valence-electron chi connectivity index (χ2n) is 6.12. The smallest absolute Gasteiger partial charge is 0.00952 e. The summed E-state index contributed by atoms with van der Waals surface area (Å²) < 4.78 is 0. The lowest BCUT2D eigenvalue weighted by Crippen LogP contribution is -2.36. The lowest BCUT2D eigenvalue weighted by molar-refractivity contribution is 0.284. The van der Waals surface area contributed by atoms with Gasteiger partial charge in [-0.05, 0) is 31.7 Å². The Hall–Kier alpha value is -0.0400. The van der Waals surface area contributed by atoms with Gasteiger partial charge in [-0.1, -0.05) is 71.6 Å². The molecule has 0 amide bonds. The molecule has 2 unspecified atom stereocenters. The van der Waals surface area contributed by atoms with Gasteiger partial charge in [-0.2, -0.15) is 0 Å². The van der Waals surface area contributed by atoms with Crippen LogP contribution >= 0.6 is 0 Å². The lowest BCUT2D eigenvalue weighted by atomic mass is 9.85. The normalized spacial score (nSPS) is 28.3. The first-order valence-electron chi connectivity index (χ1n) is 8.61. The molecule has 1 N–H and O–H groups in total. The summed E-state index contributed by atoms with van der Waals surface area (Å²) in [6, 6.07) is 0.800. The van der Waals surface area contributed by atoms with E-state index < -0.39 is 0 Å². The van der Waals surface area contributed by atoms with Gasteiger partial charge in [-0.15, -0.1) is 0 Å². The molecule has 1 fully saturated rings. The van der Waals surface area contributed by atoms with Crippen molar-refractivity contribution in [3.8, 4) is 0 Å². The van der Waals surface area contributed by atoms with Crippen molar-refractivity contribution in [1.82, 2.24) is 5.32 Å². The van der Waals surface area contributed by atoms with Crippen molar-refractivity contribution in [2.24, 2.45) is 5.92 Å². The fourth-order valence-corrected chi connectivity index (χ4v) is 3.52. The Kier molecular flexibility index (Phi) is 9.65. The van der Waals surface area contributed by atoms with E-state index in [1.807, 2.05) is 0 Å². The molecule has 0 aromatic carbocycles. The Bertz CT molecular complexity index is 158. The third-order valence-corrected chi connectivity index (χ3v) is 4.53. The Morgan fingerprint density at radius 3 is 1.89 bits per heavy atom. The highest BCUT2D eigenvalue weighted by Gasteiger charge is 2.19.